The molecule has 0 saturated heterocycles. The first-order chi connectivity index (χ1) is 6.45. The third-order valence-corrected chi connectivity index (χ3v) is 1.62. The van der Waals surface area contributed by atoms with Crippen LogP contribution in [0.4, 0.5) is 0 Å². The molecule has 62 valence electrons. The Hall–Kier alpha value is -2.01. The highest BCUT2D eigenvalue weighted by Crippen LogP contribution is 1.96. The molecule has 0 bridgehead atoms. The average molecular weight is 168 g/mol. The molecule has 0 aliphatic heterocycles. The molecular weight excluding hydrogens is 160 g/mol. The van der Waals surface area contributed by atoms with E-state index in [0.717, 1.165) is 11.1 Å². The van der Waals surface area contributed by atoms with Gasteiger partial charge in [-0.1, -0.05) is 30.0 Å². The molecule has 0 amide bonds. The summed E-state index contributed by atoms with van der Waals surface area (Å²) < 4.78 is 0. The molecule has 0 spiro atoms. The first-order valence-electron chi connectivity index (χ1n) is 4.01. The zero-order valence-corrected chi connectivity index (χ0v) is 6.99. The van der Waals surface area contributed by atoms with Gasteiger partial charge in [0.25, 0.3) is 0 Å². The smallest absolute Gasteiger partial charge is 0.0644 e. The number of hydrogen-bond donors (Lipinski definition) is 1. The van der Waals surface area contributed by atoms with E-state index in [-0.39, 0.29) is 0 Å². The Kier molecular flexibility index (Phi) is 2.11. The summed E-state index contributed by atoms with van der Waals surface area (Å²) in [6, 6.07) is 9.88. The van der Waals surface area contributed by atoms with Crippen molar-refractivity contribution in [3.63, 3.8) is 0 Å². The molecule has 2 aromatic rings. The SMILES string of the molecule is C(#Cc1cn[nH]c1)c1ccccc1. The zero-order valence-electron chi connectivity index (χ0n) is 6.99. The Balaban J connectivity index is 2.23. The minimum Gasteiger partial charge on any atom is -0.284 e. The van der Waals surface area contributed by atoms with Crippen LogP contribution in [-0.4, -0.2) is 10.2 Å². The molecule has 0 atom stereocenters. The van der Waals surface area contributed by atoms with Crippen molar-refractivity contribution >= 4 is 0 Å². The summed E-state index contributed by atoms with van der Waals surface area (Å²) in [5.41, 5.74) is 1.92. The first kappa shape index (κ1) is 7.63. The summed E-state index contributed by atoms with van der Waals surface area (Å²) in [6.45, 7) is 0. The molecule has 0 aliphatic rings. The molecule has 2 heteroatoms. The standard InChI is InChI=1S/C11H8N2/c1-2-4-10(5-3-1)6-7-11-8-12-13-9-11/h1-5,8-9H,(H,12,13). The molecule has 2 nitrogen and oxygen atoms in total. The Morgan fingerprint density at radius 3 is 2.46 bits per heavy atom. The molecule has 1 N–H and O–H groups in total. The number of aromatic nitrogens is 2. The predicted molar refractivity (Wildman–Crippen MR) is 51.0 cm³/mol. The quantitative estimate of drug-likeness (QED) is 0.597. The molecule has 0 radical (unpaired) electrons. The number of rotatable bonds is 0. The summed E-state index contributed by atoms with van der Waals surface area (Å²) in [5, 5.41) is 6.52. The number of aromatic amines is 1. The van der Waals surface area contributed by atoms with E-state index in [1.807, 2.05) is 30.3 Å². The van der Waals surface area contributed by atoms with Crippen LogP contribution in [-0.2, 0) is 0 Å². The Morgan fingerprint density at radius 1 is 1.00 bits per heavy atom. The minimum absolute atomic E-state index is 0.906. The Morgan fingerprint density at radius 2 is 1.77 bits per heavy atom. The summed E-state index contributed by atoms with van der Waals surface area (Å²) >= 11 is 0. The molecule has 2 rings (SSSR count). The van der Waals surface area contributed by atoms with Crippen LogP contribution in [0, 0.1) is 11.8 Å². The lowest BCUT2D eigenvalue weighted by atomic mass is 10.2. The van der Waals surface area contributed by atoms with Gasteiger partial charge in [-0.15, -0.1) is 0 Å². The minimum atomic E-state index is 0.906. The number of hydrogen-bond acceptors (Lipinski definition) is 1. The number of nitrogens with one attached hydrogen (secondary N) is 1. The maximum Gasteiger partial charge on any atom is 0.0644 e. The summed E-state index contributed by atoms with van der Waals surface area (Å²) in [4.78, 5) is 0. The van der Waals surface area contributed by atoms with E-state index >= 15 is 0 Å². The second kappa shape index (κ2) is 3.59. The molecule has 13 heavy (non-hydrogen) atoms. The second-order valence-electron chi connectivity index (χ2n) is 2.60. The Bertz CT molecular complexity index is 418. The molecule has 1 aromatic carbocycles. The van der Waals surface area contributed by atoms with Crippen molar-refractivity contribution in [3.8, 4) is 11.8 Å². The van der Waals surface area contributed by atoms with Crippen LogP contribution in [0.3, 0.4) is 0 Å². The number of H-pyrrole nitrogens is 1. The number of benzene rings is 1. The highest BCUT2D eigenvalue weighted by atomic mass is 15.1. The van der Waals surface area contributed by atoms with Crippen LogP contribution in [0.25, 0.3) is 0 Å². The van der Waals surface area contributed by atoms with Gasteiger partial charge in [-0.25, -0.2) is 0 Å². The van der Waals surface area contributed by atoms with Crippen LogP contribution in [0.5, 0.6) is 0 Å². The van der Waals surface area contributed by atoms with Gasteiger partial charge in [0.15, 0.2) is 0 Å². The van der Waals surface area contributed by atoms with E-state index in [9.17, 15) is 0 Å². The fraction of sp³-hybridized carbons (Fsp3) is 0. The summed E-state index contributed by atoms with van der Waals surface area (Å²) in [6.07, 6.45) is 3.48. The largest absolute Gasteiger partial charge is 0.284 e. The lowest BCUT2D eigenvalue weighted by molar-refractivity contribution is 1.09. The molecule has 1 aromatic heterocycles. The van der Waals surface area contributed by atoms with Gasteiger partial charge in [0.05, 0.1) is 11.8 Å². The fourth-order valence-corrected chi connectivity index (χ4v) is 0.985. The van der Waals surface area contributed by atoms with E-state index in [4.69, 9.17) is 0 Å². The van der Waals surface area contributed by atoms with E-state index < -0.39 is 0 Å². The molecule has 0 fully saturated rings. The average Bonchev–Trinajstić information content (AvgIpc) is 2.69. The number of nitrogens with zero attached hydrogens (tertiary/aromatic N) is 1. The lowest BCUT2D eigenvalue weighted by Gasteiger charge is -1.84. The van der Waals surface area contributed by atoms with Crippen molar-refractivity contribution in [2.75, 3.05) is 0 Å². The summed E-state index contributed by atoms with van der Waals surface area (Å²) in [5.74, 6) is 6.03. The van der Waals surface area contributed by atoms with E-state index in [1.54, 1.807) is 12.4 Å². The first-order valence-corrected chi connectivity index (χ1v) is 4.01. The van der Waals surface area contributed by atoms with Crippen LogP contribution < -0.4 is 0 Å². The summed E-state index contributed by atoms with van der Waals surface area (Å²) in [7, 11) is 0. The lowest BCUT2D eigenvalue weighted by Crippen LogP contribution is -1.71. The van der Waals surface area contributed by atoms with Crippen LogP contribution in [0.1, 0.15) is 11.1 Å². The Labute approximate surface area is 76.6 Å². The van der Waals surface area contributed by atoms with Crippen LogP contribution >= 0.6 is 0 Å². The third-order valence-electron chi connectivity index (χ3n) is 1.62. The van der Waals surface area contributed by atoms with E-state index in [2.05, 4.69) is 22.0 Å². The van der Waals surface area contributed by atoms with Gasteiger partial charge in [0.1, 0.15) is 0 Å². The van der Waals surface area contributed by atoms with Crippen molar-refractivity contribution in [2.45, 2.75) is 0 Å². The second-order valence-corrected chi connectivity index (χ2v) is 2.60. The van der Waals surface area contributed by atoms with Gasteiger partial charge in [-0.2, -0.15) is 5.10 Å². The molecule has 0 saturated carbocycles. The van der Waals surface area contributed by atoms with Gasteiger partial charge in [-0.3, -0.25) is 5.10 Å². The van der Waals surface area contributed by atoms with Gasteiger partial charge < -0.3 is 0 Å². The van der Waals surface area contributed by atoms with Crippen molar-refractivity contribution in [3.05, 3.63) is 53.9 Å². The fourth-order valence-electron chi connectivity index (χ4n) is 0.985. The van der Waals surface area contributed by atoms with Gasteiger partial charge >= 0.3 is 0 Å². The maximum absolute atomic E-state index is 3.81. The van der Waals surface area contributed by atoms with Gasteiger partial charge in [0.2, 0.25) is 0 Å². The van der Waals surface area contributed by atoms with Crippen molar-refractivity contribution < 1.29 is 0 Å². The molecule has 0 aliphatic carbocycles. The highest BCUT2D eigenvalue weighted by molar-refractivity contribution is 5.40. The highest BCUT2D eigenvalue weighted by Gasteiger charge is 1.85. The van der Waals surface area contributed by atoms with Gasteiger partial charge in [-0.05, 0) is 12.1 Å². The van der Waals surface area contributed by atoms with Gasteiger partial charge in [0, 0.05) is 11.8 Å². The maximum atomic E-state index is 3.81. The van der Waals surface area contributed by atoms with Crippen LogP contribution in [0.2, 0.25) is 0 Å². The molecule has 0 unspecified atom stereocenters. The normalized spacial score (nSPS) is 8.92. The van der Waals surface area contributed by atoms with Crippen molar-refractivity contribution in [2.24, 2.45) is 0 Å². The van der Waals surface area contributed by atoms with Crippen LogP contribution in [0.15, 0.2) is 42.7 Å². The topological polar surface area (TPSA) is 28.7 Å². The van der Waals surface area contributed by atoms with Crippen molar-refractivity contribution in [1.82, 2.24) is 10.2 Å². The molecular formula is C11H8N2. The van der Waals surface area contributed by atoms with Crippen molar-refractivity contribution in [1.29, 1.82) is 0 Å². The monoisotopic (exact) mass is 168 g/mol. The van der Waals surface area contributed by atoms with E-state index in [1.165, 1.54) is 0 Å². The van der Waals surface area contributed by atoms with E-state index in [0.29, 0.717) is 0 Å². The molecule has 1 heterocycles. The predicted octanol–water partition coefficient (Wildman–Crippen LogP) is 1.81. The zero-order chi connectivity index (χ0) is 8.93. The third kappa shape index (κ3) is 1.97.